The van der Waals surface area contributed by atoms with Crippen LogP contribution in [0.2, 0.25) is 0 Å². The number of rotatable bonds is 4. The molecule has 0 aromatic rings. The smallest absolute Gasteiger partial charge is 0.337 e. The van der Waals surface area contributed by atoms with Crippen molar-refractivity contribution in [3.05, 3.63) is 11.3 Å². The molecule has 0 aliphatic carbocycles. The van der Waals surface area contributed by atoms with Gasteiger partial charge in [0, 0.05) is 25.3 Å². The lowest BCUT2D eigenvalue weighted by atomic mass is 10.1. The van der Waals surface area contributed by atoms with Gasteiger partial charge in [-0.25, -0.2) is 9.59 Å². The molecule has 0 bridgehead atoms. The van der Waals surface area contributed by atoms with Gasteiger partial charge in [-0.2, -0.15) is 0 Å². The standard InChI is InChI=1S/C13H21N3O4/c1-3-20-11(17)9-6-14-12(18)15-10(9)7-16-5-4-13(2,19)8-16/h19H,3-8H2,1-2H3,(H2,14,15,18). The van der Waals surface area contributed by atoms with Gasteiger partial charge in [0.15, 0.2) is 0 Å². The zero-order chi connectivity index (χ0) is 14.8. The summed E-state index contributed by atoms with van der Waals surface area (Å²) >= 11 is 0. The van der Waals surface area contributed by atoms with Gasteiger partial charge in [-0.15, -0.1) is 0 Å². The molecule has 2 amide bonds. The fraction of sp³-hybridized carbons (Fsp3) is 0.692. The Kier molecular flexibility index (Phi) is 4.29. The van der Waals surface area contributed by atoms with Crippen LogP contribution in [-0.4, -0.2) is 60.4 Å². The van der Waals surface area contributed by atoms with Gasteiger partial charge in [0.2, 0.25) is 0 Å². The summed E-state index contributed by atoms with van der Waals surface area (Å²) in [5.74, 6) is -0.416. The maximum Gasteiger partial charge on any atom is 0.337 e. The summed E-state index contributed by atoms with van der Waals surface area (Å²) in [4.78, 5) is 25.3. The SMILES string of the molecule is CCOC(=O)C1=C(CN2CCC(C)(O)C2)NC(=O)NC1. The van der Waals surface area contributed by atoms with Gasteiger partial charge < -0.3 is 20.5 Å². The first-order chi connectivity index (χ1) is 9.41. The van der Waals surface area contributed by atoms with Crippen LogP contribution < -0.4 is 10.6 Å². The summed E-state index contributed by atoms with van der Waals surface area (Å²) in [5.41, 5.74) is 0.296. The lowest BCUT2D eigenvalue weighted by Crippen LogP contribution is -2.47. The Morgan fingerprint density at radius 3 is 2.90 bits per heavy atom. The molecular formula is C13H21N3O4. The summed E-state index contributed by atoms with van der Waals surface area (Å²) in [7, 11) is 0. The molecule has 2 aliphatic heterocycles. The highest BCUT2D eigenvalue weighted by Gasteiger charge is 2.33. The lowest BCUT2D eigenvalue weighted by Gasteiger charge is -2.25. The normalized spacial score (nSPS) is 27.2. The van der Waals surface area contributed by atoms with E-state index in [2.05, 4.69) is 10.6 Å². The third-order valence-electron chi connectivity index (χ3n) is 3.49. The van der Waals surface area contributed by atoms with Crippen LogP contribution in [0.5, 0.6) is 0 Å². The van der Waals surface area contributed by atoms with Crippen LogP contribution in [0.15, 0.2) is 11.3 Å². The molecule has 2 heterocycles. The Morgan fingerprint density at radius 1 is 1.55 bits per heavy atom. The molecule has 0 radical (unpaired) electrons. The maximum absolute atomic E-state index is 11.9. The predicted molar refractivity (Wildman–Crippen MR) is 71.9 cm³/mol. The first-order valence-corrected chi connectivity index (χ1v) is 6.80. The number of aliphatic hydroxyl groups is 1. The fourth-order valence-corrected chi connectivity index (χ4v) is 2.48. The Balaban J connectivity index is 2.11. The molecule has 0 aromatic carbocycles. The van der Waals surface area contributed by atoms with E-state index in [1.807, 2.05) is 4.90 Å². The van der Waals surface area contributed by atoms with E-state index >= 15 is 0 Å². The van der Waals surface area contributed by atoms with E-state index in [0.29, 0.717) is 37.4 Å². The van der Waals surface area contributed by atoms with Crippen LogP contribution in [0, 0.1) is 0 Å². The second-order valence-corrected chi connectivity index (χ2v) is 5.44. The van der Waals surface area contributed by atoms with Crippen LogP contribution in [0.4, 0.5) is 4.79 Å². The van der Waals surface area contributed by atoms with Gasteiger partial charge in [-0.3, -0.25) is 4.90 Å². The van der Waals surface area contributed by atoms with Crippen LogP contribution >= 0.6 is 0 Å². The number of ether oxygens (including phenoxy) is 1. The van der Waals surface area contributed by atoms with Crippen molar-refractivity contribution in [3.63, 3.8) is 0 Å². The Labute approximate surface area is 118 Å². The lowest BCUT2D eigenvalue weighted by molar-refractivity contribution is -0.138. The molecule has 1 fully saturated rings. The monoisotopic (exact) mass is 283 g/mol. The number of carbonyl (C=O) groups is 2. The molecule has 7 heteroatoms. The number of carbonyl (C=O) groups excluding carboxylic acids is 2. The van der Waals surface area contributed by atoms with Crippen molar-refractivity contribution in [2.24, 2.45) is 0 Å². The van der Waals surface area contributed by atoms with Crippen LogP contribution in [0.3, 0.4) is 0 Å². The molecule has 0 aromatic heterocycles. The van der Waals surface area contributed by atoms with Gasteiger partial charge in [0.1, 0.15) is 0 Å². The highest BCUT2D eigenvalue weighted by molar-refractivity contribution is 5.93. The molecule has 0 spiro atoms. The van der Waals surface area contributed by atoms with Crippen molar-refractivity contribution in [2.75, 3.05) is 32.8 Å². The first-order valence-electron chi connectivity index (χ1n) is 6.80. The van der Waals surface area contributed by atoms with Gasteiger partial charge >= 0.3 is 12.0 Å². The average Bonchev–Trinajstić information content (AvgIpc) is 2.69. The minimum Gasteiger partial charge on any atom is -0.463 e. The number of esters is 1. The highest BCUT2D eigenvalue weighted by atomic mass is 16.5. The molecule has 7 nitrogen and oxygen atoms in total. The number of nitrogens with one attached hydrogen (secondary N) is 2. The van der Waals surface area contributed by atoms with E-state index in [1.54, 1.807) is 13.8 Å². The Morgan fingerprint density at radius 2 is 2.30 bits per heavy atom. The van der Waals surface area contributed by atoms with E-state index in [9.17, 15) is 14.7 Å². The largest absolute Gasteiger partial charge is 0.463 e. The minimum atomic E-state index is -0.707. The van der Waals surface area contributed by atoms with E-state index in [4.69, 9.17) is 4.74 Å². The molecular weight excluding hydrogens is 262 g/mol. The van der Waals surface area contributed by atoms with E-state index in [1.165, 1.54) is 0 Å². The number of hydrogen-bond donors (Lipinski definition) is 3. The number of likely N-dealkylation sites (tertiary alicyclic amines) is 1. The van der Waals surface area contributed by atoms with Crippen molar-refractivity contribution in [2.45, 2.75) is 25.9 Å². The van der Waals surface area contributed by atoms with Gasteiger partial charge in [-0.05, 0) is 20.3 Å². The van der Waals surface area contributed by atoms with Crippen LogP contribution in [-0.2, 0) is 9.53 Å². The number of urea groups is 1. The second-order valence-electron chi connectivity index (χ2n) is 5.44. The summed E-state index contributed by atoms with van der Waals surface area (Å²) in [5, 5.41) is 15.2. The van der Waals surface area contributed by atoms with Crippen molar-refractivity contribution in [1.82, 2.24) is 15.5 Å². The van der Waals surface area contributed by atoms with Crippen molar-refractivity contribution < 1.29 is 19.4 Å². The second kappa shape index (κ2) is 5.80. The maximum atomic E-state index is 11.9. The minimum absolute atomic E-state index is 0.171. The average molecular weight is 283 g/mol. The molecule has 112 valence electrons. The summed E-state index contributed by atoms with van der Waals surface area (Å²) in [6.07, 6.45) is 0.682. The summed E-state index contributed by atoms with van der Waals surface area (Å²) in [6.45, 7) is 5.68. The predicted octanol–water partition coefficient (Wildman–Crippen LogP) is -0.427. The molecule has 1 unspecified atom stereocenters. The zero-order valence-corrected chi connectivity index (χ0v) is 11.9. The summed E-state index contributed by atoms with van der Waals surface area (Å²) in [6, 6.07) is -0.320. The van der Waals surface area contributed by atoms with Gasteiger partial charge in [0.25, 0.3) is 0 Å². The third-order valence-corrected chi connectivity index (χ3v) is 3.49. The van der Waals surface area contributed by atoms with Gasteiger partial charge in [-0.1, -0.05) is 0 Å². The number of β-amino-alcohol motifs (C(OH)–C–C–N with tert-alkyl or cyclic N) is 1. The van der Waals surface area contributed by atoms with Crippen molar-refractivity contribution in [1.29, 1.82) is 0 Å². The number of nitrogens with zero attached hydrogens (tertiary/aromatic N) is 1. The molecule has 3 N–H and O–H groups in total. The topological polar surface area (TPSA) is 90.9 Å². The van der Waals surface area contributed by atoms with E-state index < -0.39 is 11.6 Å². The Bertz CT molecular complexity index is 445. The molecule has 1 atom stereocenters. The fourth-order valence-electron chi connectivity index (χ4n) is 2.48. The zero-order valence-electron chi connectivity index (χ0n) is 11.9. The molecule has 20 heavy (non-hydrogen) atoms. The quantitative estimate of drug-likeness (QED) is 0.609. The number of amides is 2. The molecule has 2 aliphatic rings. The van der Waals surface area contributed by atoms with Gasteiger partial charge in [0.05, 0.1) is 24.3 Å². The van der Waals surface area contributed by atoms with Crippen molar-refractivity contribution in [3.8, 4) is 0 Å². The van der Waals surface area contributed by atoms with E-state index in [0.717, 1.165) is 6.54 Å². The third kappa shape index (κ3) is 3.49. The number of hydrogen-bond acceptors (Lipinski definition) is 5. The first kappa shape index (κ1) is 14.8. The Hall–Kier alpha value is -1.60. The highest BCUT2D eigenvalue weighted by Crippen LogP contribution is 2.21. The molecule has 0 saturated carbocycles. The molecule has 1 saturated heterocycles. The summed E-state index contributed by atoms with van der Waals surface area (Å²) < 4.78 is 5.00. The van der Waals surface area contributed by atoms with Crippen LogP contribution in [0.25, 0.3) is 0 Å². The molecule has 2 rings (SSSR count). The van der Waals surface area contributed by atoms with Crippen molar-refractivity contribution >= 4 is 12.0 Å². The van der Waals surface area contributed by atoms with E-state index in [-0.39, 0.29) is 12.6 Å². The van der Waals surface area contributed by atoms with Crippen LogP contribution in [0.1, 0.15) is 20.3 Å².